The molecule has 0 spiro atoms. The number of nitrogens with zero attached hydrogens (tertiary/aromatic N) is 1. The van der Waals surface area contributed by atoms with Crippen molar-refractivity contribution in [3.63, 3.8) is 0 Å². The van der Waals surface area contributed by atoms with E-state index in [1.165, 1.54) is 12.1 Å². The number of nitro groups is 1. The molecule has 0 aromatic heterocycles. The second-order valence-electron chi connectivity index (χ2n) is 3.45. The van der Waals surface area contributed by atoms with Crippen molar-refractivity contribution in [3.05, 3.63) is 40.4 Å². The zero-order valence-corrected chi connectivity index (χ0v) is 9.52. The third-order valence-electron chi connectivity index (χ3n) is 2.13. The van der Waals surface area contributed by atoms with Crippen LogP contribution in [0.15, 0.2) is 30.3 Å². The predicted molar refractivity (Wildman–Crippen MR) is 61.0 cm³/mol. The van der Waals surface area contributed by atoms with Gasteiger partial charge in [-0.05, 0) is 12.8 Å². The van der Waals surface area contributed by atoms with Gasteiger partial charge in [0, 0.05) is 12.1 Å². The lowest BCUT2D eigenvalue weighted by molar-refractivity contribution is -0.384. The molecule has 1 aromatic carbocycles. The van der Waals surface area contributed by atoms with Crippen LogP contribution in [0.5, 0.6) is 0 Å². The van der Waals surface area contributed by atoms with E-state index >= 15 is 0 Å². The number of para-hydroxylation sites is 1. The second-order valence-corrected chi connectivity index (χ2v) is 5.76. The maximum Gasteiger partial charge on any atom is 0.269 e. The first-order valence-corrected chi connectivity index (χ1v) is 6.73. The van der Waals surface area contributed by atoms with Crippen LogP contribution < -0.4 is 0 Å². The standard InChI is InChI=1S/C6H5NO2.C4H8O2S/c8-7(9)6-4-2-1-3-5-6;5-7(6)3-1-2-4-7/h1-5H;1-4H2. The van der Waals surface area contributed by atoms with E-state index in [2.05, 4.69) is 0 Å². The highest BCUT2D eigenvalue weighted by Gasteiger charge is 2.16. The highest BCUT2D eigenvalue weighted by atomic mass is 32.2. The smallest absolute Gasteiger partial charge is 0.258 e. The van der Waals surface area contributed by atoms with E-state index in [1.54, 1.807) is 18.2 Å². The Morgan fingerprint density at radius 3 is 1.81 bits per heavy atom. The molecule has 1 aliphatic heterocycles. The van der Waals surface area contributed by atoms with E-state index in [1.807, 2.05) is 0 Å². The molecular weight excluding hydrogens is 230 g/mol. The molecule has 0 atom stereocenters. The molecular formula is C10H13NO4S. The Balaban J connectivity index is 0.000000165. The minimum Gasteiger partial charge on any atom is -0.258 e. The zero-order chi connectivity index (χ0) is 12.0. The van der Waals surface area contributed by atoms with Gasteiger partial charge in [-0.15, -0.1) is 0 Å². The number of rotatable bonds is 1. The summed E-state index contributed by atoms with van der Waals surface area (Å²) < 4.78 is 20.9. The van der Waals surface area contributed by atoms with Gasteiger partial charge in [0.05, 0.1) is 16.4 Å². The largest absolute Gasteiger partial charge is 0.269 e. The van der Waals surface area contributed by atoms with Crippen molar-refractivity contribution in [2.75, 3.05) is 11.5 Å². The molecule has 1 saturated heterocycles. The highest BCUT2D eigenvalue weighted by Crippen LogP contribution is 2.08. The van der Waals surface area contributed by atoms with Crippen LogP contribution in [0.4, 0.5) is 5.69 Å². The Bertz CT molecular complexity index is 429. The average molecular weight is 243 g/mol. The van der Waals surface area contributed by atoms with Crippen LogP contribution in [-0.4, -0.2) is 24.8 Å². The first-order chi connectivity index (χ1) is 7.51. The van der Waals surface area contributed by atoms with Crippen molar-refractivity contribution in [2.24, 2.45) is 0 Å². The first-order valence-electron chi connectivity index (χ1n) is 4.91. The molecule has 1 fully saturated rings. The van der Waals surface area contributed by atoms with Gasteiger partial charge in [0.25, 0.3) is 5.69 Å². The number of hydrogen-bond acceptors (Lipinski definition) is 4. The molecule has 5 nitrogen and oxygen atoms in total. The number of hydrogen-bond donors (Lipinski definition) is 0. The molecule has 0 bridgehead atoms. The van der Waals surface area contributed by atoms with Gasteiger partial charge < -0.3 is 0 Å². The number of sulfone groups is 1. The third kappa shape index (κ3) is 4.39. The van der Waals surface area contributed by atoms with Crippen molar-refractivity contribution in [2.45, 2.75) is 12.8 Å². The molecule has 88 valence electrons. The van der Waals surface area contributed by atoms with Gasteiger partial charge in [0.2, 0.25) is 0 Å². The number of benzene rings is 1. The van der Waals surface area contributed by atoms with Gasteiger partial charge in [-0.3, -0.25) is 10.1 Å². The lowest BCUT2D eigenvalue weighted by Gasteiger charge is -1.85. The monoisotopic (exact) mass is 243 g/mol. The second kappa shape index (κ2) is 5.60. The maximum atomic E-state index is 10.4. The predicted octanol–water partition coefficient (Wildman–Crippen LogP) is 1.79. The molecule has 0 unspecified atom stereocenters. The molecule has 6 heteroatoms. The molecule has 0 radical (unpaired) electrons. The SMILES string of the molecule is O=S1(=O)CCCC1.O=[N+]([O-])c1ccccc1. The molecule has 1 aromatic rings. The van der Waals surface area contributed by atoms with Gasteiger partial charge in [0.15, 0.2) is 0 Å². The molecule has 2 rings (SSSR count). The maximum absolute atomic E-state index is 10.4. The number of non-ortho nitro benzene ring substituents is 1. The Hall–Kier alpha value is -1.43. The summed E-state index contributed by atoms with van der Waals surface area (Å²) in [6.45, 7) is 0. The first kappa shape index (κ1) is 12.6. The third-order valence-corrected chi connectivity index (χ3v) is 3.95. The van der Waals surface area contributed by atoms with E-state index in [0.717, 1.165) is 12.8 Å². The normalized spacial score (nSPS) is 17.2. The van der Waals surface area contributed by atoms with Gasteiger partial charge in [-0.25, -0.2) is 8.42 Å². The molecule has 0 saturated carbocycles. The fourth-order valence-corrected chi connectivity index (χ4v) is 2.79. The summed E-state index contributed by atoms with van der Waals surface area (Å²) in [5.74, 6) is 0.847. The fourth-order valence-electron chi connectivity index (χ4n) is 1.30. The van der Waals surface area contributed by atoms with Crippen molar-refractivity contribution in [1.82, 2.24) is 0 Å². The lowest BCUT2D eigenvalue weighted by atomic mass is 10.3. The summed E-state index contributed by atoms with van der Waals surface area (Å²) in [5, 5.41) is 10.0. The Labute approximate surface area is 94.2 Å². The summed E-state index contributed by atoms with van der Waals surface area (Å²) in [5.41, 5.74) is 0.137. The van der Waals surface area contributed by atoms with Crippen LogP contribution >= 0.6 is 0 Å². The van der Waals surface area contributed by atoms with Crippen molar-refractivity contribution in [1.29, 1.82) is 0 Å². The van der Waals surface area contributed by atoms with Crippen LogP contribution in [-0.2, 0) is 9.84 Å². The van der Waals surface area contributed by atoms with Gasteiger partial charge in [-0.1, -0.05) is 18.2 Å². The van der Waals surface area contributed by atoms with E-state index in [4.69, 9.17) is 0 Å². The van der Waals surface area contributed by atoms with E-state index in [-0.39, 0.29) is 5.69 Å². The van der Waals surface area contributed by atoms with Crippen LogP contribution in [0.3, 0.4) is 0 Å². The van der Waals surface area contributed by atoms with Crippen LogP contribution in [0.25, 0.3) is 0 Å². The van der Waals surface area contributed by atoms with Crippen LogP contribution in [0, 0.1) is 10.1 Å². The zero-order valence-electron chi connectivity index (χ0n) is 8.70. The quantitative estimate of drug-likeness (QED) is 0.556. The highest BCUT2D eigenvalue weighted by molar-refractivity contribution is 7.91. The molecule has 1 heterocycles. The summed E-state index contributed by atoms with van der Waals surface area (Å²) in [6.07, 6.45) is 1.75. The molecule has 1 aliphatic rings. The molecule has 0 aliphatic carbocycles. The Morgan fingerprint density at radius 2 is 1.56 bits per heavy atom. The van der Waals surface area contributed by atoms with E-state index in [0.29, 0.717) is 11.5 Å². The number of nitro benzene ring substituents is 1. The minimum absolute atomic E-state index is 0.137. The van der Waals surface area contributed by atoms with Gasteiger partial charge in [-0.2, -0.15) is 0 Å². The molecule has 0 amide bonds. The molecule has 16 heavy (non-hydrogen) atoms. The van der Waals surface area contributed by atoms with E-state index in [9.17, 15) is 18.5 Å². The van der Waals surface area contributed by atoms with Gasteiger partial charge >= 0.3 is 0 Å². The van der Waals surface area contributed by atoms with Crippen LogP contribution in [0.2, 0.25) is 0 Å². The Kier molecular flexibility index (Phi) is 4.42. The van der Waals surface area contributed by atoms with Crippen molar-refractivity contribution >= 4 is 15.5 Å². The summed E-state index contributed by atoms with van der Waals surface area (Å²) >= 11 is 0. The average Bonchev–Trinajstić information content (AvgIpc) is 2.65. The van der Waals surface area contributed by atoms with Crippen molar-refractivity contribution in [3.8, 4) is 0 Å². The summed E-state index contributed by atoms with van der Waals surface area (Å²) in [4.78, 5) is 9.59. The minimum atomic E-state index is -2.55. The molecule has 0 N–H and O–H groups in total. The summed E-state index contributed by atoms with van der Waals surface area (Å²) in [6, 6.07) is 7.93. The summed E-state index contributed by atoms with van der Waals surface area (Å²) in [7, 11) is -2.55. The lowest BCUT2D eigenvalue weighted by Crippen LogP contribution is -1.98. The topological polar surface area (TPSA) is 77.3 Å². The Morgan fingerprint density at radius 1 is 1.06 bits per heavy atom. The van der Waals surface area contributed by atoms with Crippen LogP contribution in [0.1, 0.15) is 12.8 Å². The van der Waals surface area contributed by atoms with Crippen molar-refractivity contribution < 1.29 is 13.3 Å². The van der Waals surface area contributed by atoms with E-state index < -0.39 is 14.8 Å². The fraction of sp³-hybridized carbons (Fsp3) is 0.400. The van der Waals surface area contributed by atoms with Gasteiger partial charge in [0.1, 0.15) is 9.84 Å².